The van der Waals surface area contributed by atoms with Crippen molar-refractivity contribution in [1.29, 1.82) is 5.26 Å². The number of rotatable bonds is 3. The lowest BCUT2D eigenvalue weighted by Gasteiger charge is -2.08. The van der Waals surface area contributed by atoms with Gasteiger partial charge in [-0.25, -0.2) is 18.3 Å². The van der Waals surface area contributed by atoms with Crippen LogP contribution in [-0.4, -0.2) is 21.7 Å². The van der Waals surface area contributed by atoms with E-state index in [1.807, 2.05) is 6.07 Å². The van der Waals surface area contributed by atoms with Gasteiger partial charge in [0.1, 0.15) is 23.1 Å². The van der Waals surface area contributed by atoms with Gasteiger partial charge in [0.2, 0.25) is 0 Å². The second kappa shape index (κ2) is 5.41. The van der Waals surface area contributed by atoms with Crippen LogP contribution in [0.25, 0.3) is 16.9 Å². The minimum atomic E-state index is -2.73. The number of hydrogen-bond donors (Lipinski definition) is 0. The Morgan fingerprint density at radius 3 is 2.59 bits per heavy atom. The molecule has 0 aliphatic heterocycles. The van der Waals surface area contributed by atoms with E-state index < -0.39 is 6.43 Å². The molecule has 3 rings (SSSR count). The SMILES string of the molecule is COc1ccc(-c2cc(C(F)F)n3ncc(C#N)c3n2)cc1. The van der Waals surface area contributed by atoms with Gasteiger partial charge in [0.15, 0.2) is 5.65 Å². The van der Waals surface area contributed by atoms with E-state index in [1.54, 1.807) is 31.4 Å². The number of nitrogens with zero attached hydrogens (tertiary/aromatic N) is 4. The molecule has 0 aliphatic carbocycles. The molecule has 22 heavy (non-hydrogen) atoms. The van der Waals surface area contributed by atoms with Gasteiger partial charge in [0.25, 0.3) is 6.43 Å². The normalized spacial score (nSPS) is 10.9. The van der Waals surface area contributed by atoms with Gasteiger partial charge in [-0.2, -0.15) is 10.4 Å². The van der Waals surface area contributed by atoms with Gasteiger partial charge in [-0.15, -0.1) is 0 Å². The van der Waals surface area contributed by atoms with Crippen molar-refractivity contribution >= 4 is 5.65 Å². The fraction of sp³-hybridized carbons (Fsp3) is 0.133. The maximum absolute atomic E-state index is 13.2. The second-order valence-electron chi connectivity index (χ2n) is 4.50. The molecular formula is C15H10F2N4O. The molecule has 2 aromatic heterocycles. The van der Waals surface area contributed by atoms with E-state index in [0.29, 0.717) is 17.0 Å². The van der Waals surface area contributed by atoms with Crippen molar-refractivity contribution in [2.75, 3.05) is 7.11 Å². The molecule has 0 fully saturated rings. The summed E-state index contributed by atoms with van der Waals surface area (Å²) in [5.41, 5.74) is 0.957. The highest BCUT2D eigenvalue weighted by Gasteiger charge is 2.18. The average molecular weight is 300 g/mol. The van der Waals surface area contributed by atoms with Gasteiger partial charge in [0.05, 0.1) is 19.0 Å². The molecule has 0 unspecified atom stereocenters. The van der Waals surface area contributed by atoms with Crippen molar-refractivity contribution in [3.05, 3.63) is 47.8 Å². The van der Waals surface area contributed by atoms with E-state index in [1.165, 1.54) is 12.3 Å². The highest BCUT2D eigenvalue weighted by atomic mass is 19.3. The Bertz CT molecular complexity index is 866. The Balaban J connectivity index is 2.22. The Labute approximate surface area is 124 Å². The van der Waals surface area contributed by atoms with Crippen molar-refractivity contribution in [2.45, 2.75) is 6.43 Å². The standard InChI is InChI=1S/C15H10F2N4O/c1-22-11-4-2-9(3-5-11)12-6-13(14(16)17)21-15(20-12)10(7-18)8-19-21/h2-6,8,14H,1H3. The van der Waals surface area contributed by atoms with E-state index in [9.17, 15) is 8.78 Å². The number of fused-ring (bicyclic) bond motifs is 1. The summed E-state index contributed by atoms with van der Waals surface area (Å²) in [5.74, 6) is 0.654. The molecule has 0 aliphatic rings. The number of aromatic nitrogens is 3. The summed E-state index contributed by atoms with van der Waals surface area (Å²) < 4.78 is 32.5. The molecule has 3 aromatic rings. The first-order chi connectivity index (χ1) is 10.6. The summed E-state index contributed by atoms with van der Waals surface area (Å²) >= 11 is 0. The van der Waals surface area contributed by atoms with Crippen LogP contribution in [0, 0.1) is 11.3 Å². The summed E-state index contributed by atoms with van der Waals surface area (Å²) in [4.78, 5) is 4.28. The predicted molar refractivity (Wildman–Crippen MR) is 74.6 cm³/mol. The first-order valence-electron chi connectivity index (χ1n) is 6.35. The van der Waals surface area contributed by atoms with Crippen LogP contribution in [0.15, 0.2) is 36.5 Å². The zero-order valence-corrected chi connectivity index (χ0v) is 11.5. The monoisotopic (exact) mass is 300 g/mol. The van der Waals surface area contributed by atoms with Gasteiger partial charge < -0.3 is 4.74 Å². The van der Waals surface area contributed by atoms with Crippen molar-refractivity contribution in [1.82, 2.24) is 14.6 Å². The van der Waals surface area contributed by atoms with Crippen LogP contribution >= 0.6 is 0 Å². The molecule has 2 heterocycles. The van der Waals surface area contributed by atoms with E-state index in [0.717, 1.165) is 4.52 Å². The van der Waals surface area contributed by atoms with Crippen molar-refractivity contribution in [2.24, 2.45) is 0 Å². The van der Waals surface area contributed by atoms with Crippen LogP contribution in [0.5, 0.6) is 5.75 Å². The second-order valence-corrected chi connectivity index (χ2v) is 4.50. The first-order valence-corrected chi connectivity index (χ1v) is 6.35. The van der Waals surface area contributed by atoms with Crippen LogP contribution < -0.4 is 4.74 Å². The molecule has 5 nitrogen and oxygen atoms in total. The number of alkyl halides is 2. The average Bonchev–Trinajstić information content (AvgIpc) is 2.96. The third-order valence-corrected chi connectivity index (χ3v) is 3.23. The molecule has 0 amide bonds. The van der Waals surface area contributed by atoms with Gasteiger partial charge >= 0.3 is 0 Å². The maximum Gasteiger partial charge on any atom is 0.280 e. The van der Waals surface area contributed by atoms with E-state index in [2.05, 4.69) is 10.1 Å². The molecule has 7 heteroatoms. The van der Waals surface area contributed by atoms with E-state index in [-0.39, 0.29) is 16.9 Å². The van der Waals surface area contributed by atoms with E-state index in [4.69, 9.17) is 10.00 Å². The molecule has 1 aromatic carbocycles. The molecule has 0 radical (unpaired) electrons. The quantitative estimate of drug-likeness (QED) is 0.745. The van der Waals surface area contributed by atoms with Crippen molar-refractivity contribution in [3.63, 3.8) is 0 Å². The largest absolute Gasteiger partial charge is 0.497 e. The lowest BCUT2D eigenvalue weighted by Crippen LogP contribution is -2.02. The number of halogens is 2. The highest BCUT2D eigenvalue weighted by molar-refractivity contribution is 5.66. The minimum absolute atomic E-state index is 0.117. The van der Waals surface area contributed by atoms with Gasteiger partial charge in [-0.3, -0.25) is 0 Å². The third-order valence-electron chi connectivity index (χ3n) is 3.23. The van der Waals surface area contributed by atoms with Gasteiger partial charge in [-0.1, -0.05) is 0 Å². The Hall–Kier alpha value is -3.01. The molecule has 0 saturated heterocycles. The summed E-state index contributed by atoms with van der Waals surface area (Å²) in [6.45, 7) is 0. The number of nitriles is 1. The summed E-state index contributed by atoms with van der Waals surface area (Å²) in [6.07, 6.45) is -1.50. The highest BCUT2D eigenvalue weighted by Crippen LogP contribution is 2.27. The zero-order chi connectivity index (χ0) is 15.7. The zero-order valence-electron chi connectivity index (χ0n) is 11.5. The lowest BCUT2D eigenvalue weighted by atomic mass is 10.1. The minimum Gasteiger partial charge on any atom is -0.497 e. The predicted octanol–water partition coefficient (Wildman–Crippen LogP) is 3.21. The summed E-state index contributed by atoms with van der Waals surface area (Å²) in [6, 6.07) is 10.0. The molecule has 0 bridgehead atoms. The van der Waals surface area contributed by atoms with Crippen LogP contribution in [0.2, 0.25) is 0 Å². The van der Waals surface area contributed by atoms with Gasteiger partial charge in [-0.05, 0) is 30.3 Å². The van der Waals surface area contributed by atoms with Crippen LogP contribution in [-0.2, 0) is 0 Å². The Kier molecular flexibility index (Phi) is 3.43. The molecule has 0 atom stereocenters. The molecule has 0 N–H and O–H groups in total. The lowest BCUT2D eigenvalue weighted by molar-refractivity contribution is 0.143. The Morgan fingerprint density at radius 1 is 1.27 bits per heavy atom. The van der Waals surface area contributed by atoms with Crippen molar-refractivity contribution < 1.29 is 13.5 Å². The molecule has 110 valence electrons. The number of benzene rings is 1. The van der Waals surface area contributed by atoms with Crippen molar-refractivity contribution in [3.8, 4) is 23.1 Å². The molecule has 0 saturated carbocycles. The van der Waals surface area contributed by atoms with Gasteiger partial charge in [0, 0.05) is 5.56 Å². The topological polar surface area (TPSA) is 63.2 Å². The van der Waals surface area contributed by atoms with Crippen LogP contribution in [0.1, 0.15) is 17.7 Å². The van der Waals surface area contributed by atoms with Crippen LogP contribution in [0.3, 0.4) is 0 Å². The third kappa shape index (κ3) is 2.24. The number of hydrogen-bond acceptors (Lipinski definition) is 4. The summed E-state index contributed by atoms with van der Waals surface area (Å²) in [7, 11) is 1.54. The number of methoxy groups -OCH3 is 1. The Morgan fingerprint density at radius 2 is 2.00 bits per heavy atom. The van der Waals surface area contributed by atoms with E-state index >= 15 is 0 Å². The van der Waals surface area contributed by atoms with Crippen LogP contribution in [0.4, 0.5) is 8.78 Å². The summed E-state index contributed by atoms with van der Waals surface area (Å²) in [5, 5.41) is 12.8. The number of ether oxygens (including phenoxy) is 1. The maximum atomic E-state index is 13.2. The molecule has 0 spiro atoms. The fourth-order valence-electron chi connectivity index (χ4n) is 2.13. The smallest absolute Gasteiger partial charge is 0.280 e. The fourth-order valence-corrected chi connectivity index (χ4v) is 2.13. The molecular weight excluding hydrogens is 290 g/mol. The first kappa shape index (κ1) is 13.9.